The third-order valence-corrected chi connectivity index (χ3v) is 3.42. The third-order valence-electron chi connectivity index (χ3n) is 3.42. The van der Waals surface area contributed by atoms with Crippen molar-refractivity contribution in [1.29, 1.82) is 0 Å². The lowest BCUT2D eigenvalue weighted by molar-refractivity contribution is 0.0752. The summed E-state index contributed by atoms with van der Waals surface area (Å²) in [6, 6.07) is 1.80. The van der Waals surface area contributed by atoms with E-state index < -0.39 is 0 Å². The van der Waals surface area contributed by atoms with E-state index in [2.05, 4.69) is 5.10 Å². The van der Waals surface area contributed by atoms with Crippen molar-refractivity contribution in [1.82, 2.24) is 14.7 Å². The van der Waals surface area contributed by atoms with Gasteiger partial charge in [-0.1, -0.05) is 0 Å². The first-order chi connectivity index (χ1) is 7.99. The molecule has 2 atom stereocenters. The van der Waals surface area contributed by atoms with Crippen LogP contribution in [0.4, 0.5) is 0 Å². The van der Waals surface area contributed by atoms with Crippen LogP contribution in [0.2, 0.25) is 0 Å². The molecule has 1 amide bonds. The van der Waals surface area contributed by atoms with E-state index in [0.29, 0.717) is 12.2 Å². The molecule has 1 aliphatic heterocycles. The normalized spacial score (nSPS) is 21.9. The first-order valence-corrected chi connectivity index (χ1v) is 5.97. The molecule has 1 fully saturated rings. The van der Waals surface area contributed by atoms with Gasteiger partial charge in [-0.2, -0.15) is 5.10 Å². The standard InChI is InChI=1S/C12H19N3O2/c1-8-6-11(14(3)13-8)12(17)15-5-4-10(7-15)9(2)16/h6,9-10,16H,4-5,7H2,1-3H3. The fraction of sp³-hybridized carbons (Fsp3) is 0.667. The molecule has 0 saturated carbocycles. The number of carbonyl (C=O) groups is 1. The molecule has 5 nitrogen and oxygen atoms in total. The Hall–Kier alpha value is -1.36. The molecule has 2 rings (SSSR count). The van der Waals surface area contributed by atoms with E-state index in [1.807, 2.05) is 6.92 Å². The van der Waals surface area contributed by atoms with Gasteiger partial charge in [0.25, 0.3) is 5.91 Å². The minimum atomic E-state index is -0.346. The number of aliphatic hydroxyl groups excluding tert-OH is 1. The van der Waals surface area contributed by atoms with Crippen LogP contribution >= 0.6 is 0 Å². The van der Waals surface area contributed by atoms with Crippen molar-refractivity contribution in [2.24, 2.45) is 13.0 Å². The summed E-state index contributed by atoms with van der Waals surface area (Å²) in [5, 5.41) is 13.7. The van der Waals surface area contributed by atoms with Crippen molar-refractivity contribution in [2.75, 3.05) is 13.1 Å². The molecule has 2 unspecified atom stereocenters. The summed E-state index contributed by atoms with van der Waals surface area (Å²) in [6.07, 6.45) is 0.529. The van der Waals surface area contributed by atoms with Crippen LogP contribution in [0.25, 0.3) is 0 Å². The number of carbonyl (C=O) groups excluding carboxylic acids is 1. The lowest BCUT2D eigenvalue weighted by Crippen LogP contribution is -2.31. The first kappa shape index (κ1) is 12.1. The lowest BCUT2D eigenvalue weighted by Gasteiger charge is -2.17. The van der Waals surface area contributed by atoms with E-state index in [1.165, 1.54) is 0 Å². The zero-order valence-corrected chi connectivity index (χ0v) is 10.6. The topological polar surface area (TPSA) is 58.4 Å². The number of aryl methyl sites for hydroxylation is 2. The van der Waals surface area contributed by atoms with Crippen LogP contribution in [0.5, 0.6) is 0 Å². The van der Waals surface area contributed by atoms with Gasteiger partial charge in [-0.15, -0.1) is 0 Å². The zero-order chi connectivity index (χ0) is 12.6. The summed E-state index contributed by atoms with van der Waals surface area (Å²) in [5.41, 5.74) is 1.47. The number of hydrogen-bond donors (Lipinski definition) is 1. The fourth-order valence-electron chi connectivity index (χ4n) is 2.34. The minimum absolute atomic E-state index is 0.0104. The Morgan fingerprint density at radius 3 is 2.82 bits per heavy atom. The molecule has 1 saturated heterocycles. The smallest absolute Gasteiger partial charge is 0.272 e. The maximum Gasteiger partial charge on any atom is 0.272 e. The highest BCUT2D eigenvalue weighted by atomic mass is 16.3. The Morgan fingerprint density at radius 1 is 1.65 bits per heavy atom. The molecule has 2 heterocycles. The van der Waals surface area contributed by atoms with Crippen molar-refractivity contribution in [3.8, 4) is 0 Å². The second-order valence-electron chi connectivity index (χ2n) is 4.84. The summed E-state index contributed by atoms with van der Waals surface area (Å²) in [4.78, 5) is 14.0. The van der Waals surface area contributed by atoms with E-state index in [1.54, 1.807) is 29.6 Å². The maximum absolute atomic E-state index is 12.2. The van der Waals surface area contributed by atoms with Crippen molar-refractivity contribution in [2.45, 2.75) is 26.4 Å². The van der Waals surface area contributed by atoms with Crippen LogP contribution in [0, 0.1) is 12.8 Å². The Balaban J connectivity index is 2.09. The number of amides is 1. The summed E-state index contributed by atoms with van der Waals surface area (Å²) < 4.78 is 1.62. The zero-order valence-electron chi connectivity index (χ0n) is 10.6. The molecule has 0 spiro atoms. The number of aromatic nitrogens is 2. The van der Waals surface area contributed by atoms with Crippen LogP contribution in [-0.4, -0.2) is 44.9 Å². The van der Waals surface area contributed by atoms with E-state index in [-0.39, 0.29) is 17.9 Å². The van der Waals surface area contributed by atoms with Gasteiger partial charge >= 0.3 is 0 Å². The molecule has 1 aromatic heterocycles. The van der Waals surface area contributed by atoms with Crippen LogP contribution in [0.3, 0.4) is 0 Å². The molecule has 5 heteroatoms. The Morgan fingerprint density at radius 2 is 2.35 bits per heavy atom. The molecule has 0 aliphatic carbocycles. The molecule has 1 N–H and O–H groups in total. The highest BCUT2D eigenvalue weighted by Crippen LogP contribution is 2.21. The van der Waals surface area contributed by atoms with Crippen LogP contribution in [0.1, 0.15) is 29.5 Å². The summed E-state index contributed by atoms with van der Waals surface area (Å²) in [6.45, 7) is 5.02. The first-order valence-electron chi connectivity index (χ1n) is 5.97. The van der Waals surface area contributed by atoms with Crippen molar-refractivity contribution >= 4 is 5.91 Å². The minimum Gasteiger partial charge on any atom is -0.393 e. The molecule has 1 aliphatic rings. The van der Waals surface area contributed by atoms with Crippen LogP contribution in [0.15, 0.2) is 6.07 Å². The highest BCUT2D eigenvalue weighted by molar-refractivity contribution is 5.92. The lowest BCUT2D eigenvalue weighted by atomic mass is 10.0. The van der Waals surface area contributed by atoms with Gasteiger partial charge in [0.15, 0.2) is 0 Å². The Bertz CT molecular complexity index is 425. The van der Waals surface area contributed by atoms with E-state index in [4.69, 9.17) is 0 Å². The SMILES string of the molecule is Cc1cc(C(=O)N2CCC(C(C)O)C2)n(C)n1. The van der Waals surface area contributed by atoms with Gasteiger partial charge in [0.2, 0.25) is 0 Å². The molecule has 94 valence electrons. The number of nitrogens with zero attached hydrogens (tertiary/aromatic N) is 3. The van der Waals surface area contributed by atoms with Crippen molar-refractivity contribution in [3.05, 3.63) is 17.5 Å². The van der Waals surface area contributed by atoms with Crippen LogP contribution in [-0.2, 0) is 7.05 Å². The quantitative estimate of drug-likeness (QED) is 0.818. The van der Waals surface area contributed by atoms with Crippen LogP contribution < -0.4 is 0 Å². The second-order valence-corrected chi connectivity index (χ2v) is 4.84. The third kappa shape index (κ3) is 2.34. The molecule has 17 heavy (non-hydrogen) atoms. The molecule has 0 aromatic carbocycles. The van der Waals surface area contributed by atoms with Gasteiger partial charge in [-0.3, -0.25) is 9.48 Å². The number of rotatable bonds is 2. The van der Waals surface area contributed by atoms with Gasteiger partial charge < -0.3 is 10.0 Å². The summed E-state index contributed by atoms with van der Waals surface area (Å²) in [5.74, 6) is 0.213. The fourth-order valence-corrected chi connectivity index (χ4v) is 2.34. The number of hydrogen-bond acceptors (Lipinski definition) is 3. The summed E-state index contributed by atoms with van der Waals surface area (Å²) in [7, 11) is 1.78. The number of aliphatic hydroxyl groups is 1. The van der Waals surface area contributed by atoms with Crippen molar-refractivity contribution < 1.29 is 9.90 Å². The maximum atomic E-state index is 12.2. The molecule has 0 bridgehead atoms. The van der Waals surface area contributed by atoms with Gasteiger partial charge in [0, 0.05) is 26.1 Å². The predicted molar refractivity (Wildman–Crippen MR) is 63.6 cm³/mol. The van der Waals surface area contributed by atoms with Gasteiger partial charge in [-0.05, 0) is 26.3 Å². The molecule has 0 radical (unpaired) electrons. The Kier molecular flexibility index (Phi) is 3.19. The van der Waals surface area contributed by atoms with E-state index in [0.717, 1.165) is 18.7 Å². The number of likely N-dealkylation sites (tertiary alicyclic amines) is 1. The van der Waals surface area contributed by atoms with E-state index >= 15 is 0 Å². The Labute approximate surface area is 101 Å². The van der Waals surface area contributed by atoms with Gasteiger partial charge in [0.1, 0.15) is 5.69 Å². The monoisotopic (exact) mass is 237 g/mol. The van der Waals surface area contributed by atoms with E-state index in [9.17, 15) is 9.90 Å². The highest BCUT2D eigenvalue weighted by Gasteiger charge is 2.30. The molecular weight excluding hydrogens is 218 g/mol. The largest absolute Gasteiger partial charge is 0.393 e. The van der Waals surface area contributed by atoms with Gasteiger partial charge in [0.05, 0.1) is 11.8 Å². The van der Waals surface area contributed by atoms with Gasteiger partial charge in [-0.25, -0.2) is 0 Å². The predicted octanol–water partition coefficient (Wildman–Crippen LogP) is 0.571. The van der Waals surface area contributed by atoms with Crippen molar-refractivity contribution in [3.63, 3.8) is 0 Å². The molecule has 1 aromatic rings. The molecular formula is C12H19N3O2. The average molecular weight is 237 g/mol. The average Bonchev–Trinajstić information content (AvgIpc) is 2.84. The second kappa shape index (κ2) is 4.49. The summed E-state index contributed by atoms with van der Waals surface area (Å²) >= 11 is 0.